The van der Waals surface area contributed by atoms with E-state index in [9.17, 15) is 4.79 Å². The van der Waals surface area contributed by atoms with Crippen LogP contribution in [0.5, 0.6) is 0 Å². The van der Waals surface area contributed by atoms with Gasteiger partial charge in [-0.15, -0.1) is 11.3 Å². The van der Waals surface area contributed by atoms with Gasteiger partial charge in [-0.2, -0.15) is 0 Å². The monoisotopic (exact) mass is 293 g/mol. The first kappa shape index (κ1) is 14.0. The van der Waals surface area contributed by atoms with E-state index in [-0.39, 0.29) is 5.91 Å². The molecule has 3 rings (SSSR count). The zero-order chi connectivity index (χ0) is 14.1. The molecule has 5 heteroatoms. The molecule has 0 saturated carbocycles. The minimum Gasteiger partial charge on any atom is -0.366 e. The van der Waals surface area contributed by atoms with Gasteiger partial charge in [-0.05, 0) is 38.8 Å². The third kappa shape index (κ3) is 2.90. The number of hydrogen-bond acceptors (Lipinski definition) is 4. The molecule has 110 valence electrons. The number of carbonyl (C=O) groups excluding carboxylic acids is 1. The Labute approximate surface area is 124 Å². The SMILES string of the molecule is CN1C2CCCC1CC(NCc1cc(C(N)=O)cs1)C2. The Balaban J connectivity index is 1.55. The zero-order valence-electron chi connectivity index (χ0n) is 12.0. The van der Waals surface area contributed by atoms with E-state index in [2.05, 4.69) is 17.3 Å². The van der Waals surface area contributed by atoms with Crippen LogP contribution < -0.4 is 11.1 Å². The highest BCUT2D eigenvalue weighted by molar-refractivity contribution is 7.10. The fraction of sp³-hybridized carbons (Fsp3) is 0.667. The summed E-state index contributed by atoms with van der Waals surface area (Å²) in [4.78, 5) is 14.9. The average Bonchev–Trinajstić information content (AvgIpc) is 2.86. The highest BCUT2D eigenvalue weighted by atomic mass is 32.1. The van der Waals surface area contributed by atoms with Crippen molar-refractivity contribution >= 4 is 17.2 Å². The third-order valence-electron chi connectivity index (χ3n) is 4.84. The van der Waals surface area contributed by atoms with Crippen molar-refractivity contribution in [2.45, 2.75) is 56.8 Å². The molecule has 0 aromatic carbocycles. The van der Waals surface area contributed by atoms with E-state index in [0.717, 1.165) is 18.6 Å². The predicted molar refractivity (Wildman–Crippen MR) is 81.9 cm³/mol. The Morgan fingerprint density at radius 1 is 1.45 bits per heavy atom. The second-order valence-corrected chi connectivity index (χ2v) is 7.11. The maximum absolute atomic E-state index is 11.1. The molecule has 2 atom stereocenters. The van der Waals surface area contributed by atoms with Crippen LogP contribution >= 0.6 is 11.3 Å². The Morgan fingerprint density at radius 2 is 2.15 bits per heavy atom. The van der Waals surface area contributed by atoms with Crippen LogP contribution in [-0.2, 0) is 6.54 Å². The summed E-state index contributed by atoms with van der Waals surface area (Å²) in [5.74, 6) is -0.332. The highest BCUT2D eigenvalue weighted by Gasteiger charge is 2.35. The van der Waals surface area contributed by atoms with Gasteiger partial charge in [0.2, 0.25) is 5.91 Å². The van der Waals surface area contributed by atoms with Gasteiger partial charge in [-0.25, -0.2) is 0 Å². The van der Waals surface area contributed by atoms with Gasteiger partial charge in [0.15, 0.2) is 0 Å². The number of thiophene rings is 1. The molecule has 2 aliphatic rings. The predicted octanol–water partition coefficient (Wildman–Crippen LogP) is 1.95. The summed E-state index contributed by atoms with van der Waals surface area (Å²) in [5.41, 5.74) is 5.92. The number of rotatable bonds is 4. The van der Waals surface area contributed by atoms with Gasteiger partial charge in [0.1, 0.15) is 0 Å². The number of hydrogen-bond donors (Lipinski definition) is 2. The van der Waals surface area contributed by atoms with Crippen molar-refractivity contribution in [3.63, 3.8) is 0 Å². The number of nitrogens with two attached hydrogens (primary N) is 1. The molecule has 0 aliphatic carbocycles. The molecule has 0 radical (unpaired) electrons. The lowest BCUT2D eigenvalue weighted by molar-refractivity contribution is 0.0483. The Hall–Kier alpha value is -0.910. The standard InChI is InChI=1S/C15H23N3OS/c1-18-12-3-2-4-13(18)7-11(6-12)17-8-14-5-10(9-20-14)15(16)19/h5,9,11-13,17H,2-4,6-8H2,1H3,(H2,16,19). The molecule has 0 spiro atoms. The maximum atomic E-state index is 11.1. The fourth-order valence-corrected chi connectivity index (χ4v) is 4.45. The molecule has 1 aromatic rings. The fourth-order valence-electron chi connectivity index (χ4n) is 3.63. The number of primary amides is 1. The van der Waals surface area contributed by atoms with E-state index < -0.39 is 0 Å². The van der Waals surface area contributed by atoms with Crippen molar-refractivity contribution in [3.05, 3.63) is 21.9 Å². The first-order valence-corrected chi connectivity index (χ1v) is 8.34. The van der Waals surface area contributed by atoms with Crippen molar-refractivity contribution in [1.82, 2.24) is 10.2 Å². The first-order valence-electron chi connectivity index (χ1n) is 7.46. The molecule has 1 amide bonds. The number of amides is 1. The highest BCUT2D eigenvalue weighted by Crippen LogP contribution is 2.32. The molecule has 3 heterocycles. The summed E-state index contributed by atoms with van der Waals surface area (Å²) < 4.78 is 0. The molecule has 4 nitrogen and oxygen atoms in total. The summed E-state index contributed by atoms with van der Waals surface area (Å²) in [5, 5.41) is 5.52. The number of nitrogens with zero attached hydrogens (tertiary/aromatic N) is 1. The summed E-state index contributed by atoms with van der Waals surface area (Å²) in [6.07, 6.45) is 6.58. The molecule has 3 N–H and O–H groups in total. The lowest BCUT2D eigenvalue weighted by atomic mass is 9.82. The molecular weight excluding hydrogens is 270 g/mol. The molecule has 2 saturated heterocycles. The minimum atomic E-state index is -0.332. The van der Waals surface area contributed by atoms with Gasteiger partial charge in [0.25, 0.3) is 0 Å². The normalized spacial score (nSPS) is 30.4. The Bertz CT molecular complexity index is 473. The van der Waals surface area contributed by atoms with Gasteiger partial charge in [0.05, 0.1) is 5.56 Å². The van der Waals surface area contributed by atoms with E-state index in [1.165, 1.54) is 37.0 Å². The second kappa shape index (κ2) is 5.84. The maximum Gasteiger partial charge on any atom is 0.249 e. The smallest absolute Gasteiger partial charge is 0.249 e. The van der Waals surface area contributed by atoms with Crippen LogP contribution in [0.15, 0.2) is 11.4 Å². The topological polar surface area (TPSA) is 58.4 Å². The van der Waals surface area contributed by atoms with Gasteiger partial charge in [-0.1, -0.05) is 6.42 Å². The third-order valence-corrected chi connectivity index (χ3v) is 5.78. The molecule has 20 heavy (non-hydrogen) atoms. The molecule has 2 fully saturated rings. The Morgan fingerprint density at radius 3 is 2.75 bits per heavy atom. The van der Waals surface area contributed by atoms with Gasteiger partial charge >= 0.3 is 0 Å². The van der Waals surface area contributed by atoms with Crippen molar-refractivity contribution < 1.29 is 4.79 Å². The van der Waals surface area contributed by atoms with E-state index in [4.69, 9.17) is 5.73 Å². The van der Waals surface area contributed by atoms with Gasteiger partial charge in [0, 0.05) is 34.9 Å². The van der Waals surface area contributed by atoms with Crippen LogP contribution in [0, 0.1) is 0 Å². The molecule has 2 aliphatic heterocycles. The van der Waals surface area contributed by atoms with Crippen molar-refractivity contribution in [2.75, 3.05) is 7.05 Å². The number of fused-ring (bicyclic) bond motifs is 2. The number of nitrogens with one attached hydrogen (secondary N) is 1. The number of carbonyl (C=O) groups is 1. The molecule has 1 aromatic heterocycles. The molecular formula is C15H23N3OS. The summed E-state index contributed by atoms with van der Waals surface area (Å²) in [6.45, 7) is 0.853. The zero-order valence-corrected chi connectivity index (χ0v) is 12.8. The summed E-state index contributed by atoms with van der Waals surface area (Å²) in [6, 6.07) is 4.03. The van der Waals surface area contributed by atoms with E-state index in [1.807, 2.05) is 11.4 Å². The largest absolute Gasteiger partial charge is 0.366 e. The van der Waals surface area contributed by atoms with Crippen LogP contribution in [0.25, 0.3) is 0 Å². The van der Waals surface area contributed by atoms with Crippen LogP contribution in [0.4, 0.5) is 0 Å². The van der Waals surface area contributed by atoms with Crippen LogP contribution in [0.1, 0.15) is 47.3 Å². The summed E-state index contributed by atoms with van der Waals surface area (Å²) >= 11 is 1.61. The quantitative estimate of drug-likeness (QED) is 0.892. The number of piperidine rings is 2. The van der Waals surface area contributed by atoms with Crippen molar-refractivity contribution in [2.24, 2.45) is 5.73 Å². The molecule has 2 unspecified atom stereocenters. The van der Waals surface area contributed by atoms with E-state index >= 15 is 0 Å². The van der Waals surface area contributed by atoms with Crippen molar-refractivity contribution in [1.29, 1.82) is 0 Å². The second-order valence-electron chi connectivity index (χ2n) is 6.12. The average molecular weight is 293 g/mol. The lowest BCUT2D eigenvalue weighted by Crippen LogP contribution is -2.54. The molecule has 2 bridgehead atoms. The Kier molecular flexibility index (Phi) is 4.10. The van der Waals surface area contributed by atoms with E-state index in [0.29, 0.717) is 11.6 Å². The van der Waals surface area contributed by atoms with Crippen LogP contribution in [0.3, 0.4) is 0 Å². The minimum absolute atomic E-state index is 0.332. The first-order chi connectivity index (χ1) is 9.63. The summed E-state index contributed by atoms with van der Waals surface area (Å²) in [7, 11) is 2.28. The van der Waals surface area contributed by atoms with Crippen LogP contribution in [0.2, 0.25) is 0 Å². The van der Waals surface area contributed by atoms with Crippen LogP contribution in [-0.4, -0.2) is 36.0 Å². The van der Waals surface area contributed by atoms with Crippen molar-refractivity contribution in [3.8, 4) is 0 Å². The van der Waals surface area contributed by atoms with Gasteiger partial charge in [-0.3, -0.25) is 4.79 Å². The lowest BCUT2D eigenvalue weighted by Gasteiger charge is -2.47. The van der Waals surface area contributed by atoms with Gasteiger partial charge < -0.3 is 16.0 Å². The van der Waals surface area contributed by atoms with E-state index in [1.54, 1.807) is 11.3 Å².